The highest BCUT2D eigenvalue weighted by Gasteiger charge is 2.28. The molecular formula is C28H33N5O3. The molecule has 3 aromatic rings. The Bertz CT molecular complexity index is 1080. The first-order chi connectivity index (χ1) is 17.5. The molecule has 188 valence electrons. The maximum atomic E-state index is 13.6. The Morgan fingerprint density at radius 3 is 1.72 bits per heavy atom. The molecule has 0 aliphatic heterocycles. The van der Waals surface area contributed by atoms with E-state index < -0.39 is 23.9 Å². The number of hydrogen-bond acceptors (Lipinski definition) is 4. The highest BCUT2D eigenvalue weighted by atomic mass is 16.3. The highest BCUT2D eigenvalue weighted by molar-refractivity contribution is 5.92. The smallest absolute Gasteiger partial charge is 0.243 e. The number of benzene rings is 3. The summed E-state index contributed by atoms with van der Waals surface area (Å²) in [5.74, 6) is -1.31. The van der Waals surface area contributed by atoms with Crippen LogP contribution in [0.1, 0.15) is 41.5 Å². The van der Waals surface area contributed by atoms with E-state index in [0.717, 1.165) is 16.7 Å². The zero-order chi connectivity index (χ0) is 25.8. The molecule has 2 amide bonds. The molecule has 2 atom stereocenters. The lowest BCUT2D eigenvalue weighted by Gasteiger charge is -2.25. The van der Waals surface area contributed by atoms with Crippen molar-refractivity contribution in [1.82, 2.24) is 10.6 Å². The number of amides is 2. The Morgan fingerprint density at radius 1 is 0.750 bits per heavy atom. The molecule has 8 heteroatoms. The molecule has 3 rings (SSSR count). The van der Waals surface area contributed by atoms with E-state index in [0.29, 0.717) is 19.4 Å². The first-order valence-corrected chi connectivity index (χ1v) is 11.9. The molecule has 0 aliphatic carbocycles. The van der Waals surface area contributed by atoms with Crippen molar-refractivity contribution in [3.05, 3.63) is 108 Å². The van der Waals surface area contributed by atoms with Crippen LogP contribution in [0.4, 0.5) is 0 Å². The van der Waals surface area contributed by atoms with Gasteiger partial charge in [-0.1, -0.05) is 91.0 Å². The van der Waals surface area contributed by atoms with Crippen LogP contribution in [0, 0.1) is 0 Å². The first-order valence-electron chi connectivity index (χ1n) is 11.9. The van der Waals surface area contributed by atoms with Crippen LogP contribution in [0.3, 0.4) is 0 Å². The average Bonchev–Trinajstić information content (AvgIpc) is 2.90. The second kappa shape index (κ2) is 13.7. The number of guanidine groups is 1. The second-order valence-corrected chi connectivity index (χ2v) is 8.42. The number of aliphatic hydroxyl groups excluding tert-OH is 1. The Kier molecular flexibility index (Phi) is 10.0. The van der Waals surface area contributed by atoms with E-state index in [1.165, 1.54) is 0 Å². The summed E-state index contributed by atoms with van der Waals surface area (Å²) in [4.78, 5) is 30.9. The number of nitrogens with two attached hydrogens (primary N) is 2. The van der Waals surface area contributed by atoms with E-state index in [1.807, 2.05) is 91.0 Å². The summed E-state index contributed by atoms with van der Waals surface area (Å²) in [6, 6.07) is 26.6. The zero-order valence-electron chi connectivity index (χ0n) is 20.1. The molecule has 0 heterocycles. The summed E-state index contributed by atoms with van der Waals surface area (Å²) in [5, 5.41) is 15.7. The molecule has 0 saturated heterocycles. The average molecular weight is 488 g/mol. The topological polar surface area (TPSA) is 143 Å². The van der Waals surface area contributed by atoms with Crippen LogP contribution in [-0.2, 0) is 9.59 Å². The van der Waals surface area contributed by atoms with Gasteiger partial charge in [0.15, 0.2) is 5.96 Å². The molecule has 0 aliphatic rings. The number of aliphatic imine (C=N–C) groups is 1. The van der Waals surface area contributed by atoms with Gasteiger partial charge in [-0.15, -0.1) is 0 Å². The Morgan fingerprint density at radius 2 is 1.25 bits per heavy atom. The van der Waals surface area contributed by atoms with Gasteiger partial charge in [0.1, 0.15) is 6.04 Å². The van der Waals surface area contributed by atoms with Crippen molar-refractivity contribution < 1.29 is 14.7 Å². The molecule has 0 radical (unpaired) electrons. The summed E-state index contributed by atoms with van der Waals surface area (Å²) < 4.78 is 0. The molecule has 0 bridgehead atoms. The first kappa shape index (κ1) is 26.4. The molecule has 0 unspecified atom stereocenters. The van der Waals surface area contributed by atoms with Crippen LogP contribution in [0.15, 0.2) is 96.0 Å². The second-order valence-electron chi connectivity index (χ2n) is 8.42. The van der Waals surface area contributed by atoms with Crippen LogP contribution in [-0.4, -0.2) is 42.1 Å². The molecule has 8 nitrogen and oxygen atoms in total. The van der Waals surface area contributed by atoms with Crippen LogP contribution in [0.25, 0.3) is 0 Å². The van der Waals surface area contributed by atoms with E-state index >= 15 is 0 Å². The number of nitrogens with one attached hydrogen (secondary N) is 2. The van der Waals surface area contributed by atoms with Crippen molar-refractivity contribution >= 4 is 17.8 Å². The van der Waals surface area contributed by atoms with Crippen molar-refractivity contribution in [2.24, 2.45) is 16.5 Å². The fourth-order valence-corrected chi connectivity index (χ4v) is 4.01. The van der Waals surface area contributed by atoms with Crippen molar-refractivity contribution in [2.45, 2.75) is 30.8 Å². The van der Waals surface area contributed by atoms with Crippen LogP contribution in [0.2, 0.25) is 0 Å². The third-order valence-electron chi connectivity index (χ3n) is 5.81. The maximum Gasteiger partial charge on any atom is 0.243 e. The Hall–Kier alpha value is -4.17. The van der Waals surface area contributed by atoms with E-state index in [1.54, 1.807) is 0 Å². The lowest BCUT2D eigenvalue weighted by atomic mass is 9.90. The van der Waals surface area contributed by atoms with Crippen molar-refractivity contribution in [3.63, 3.8) is 0 Å². The van der Waals surface area contributed by atoms with Gasteiger partial charge < -0.3 is 27.2 Å². The molecule has 36 heavy (non-hydrogen) atoms. The van der Waals surface area contributed by atoms with Crippen LogP contribution >= 0.6 is 0 Å². The van der Waals surface area contributed by atoms with E-state index in [9.17, 15) is 14.7 Å². The molecule has 0 fully saturated rings. The molecule has 0 spiro atoms. The Balaban J connectivity index is 1.82. The van der Waals surface area contributed by atoms with Gasteiger partial charge in [-0.3, -0.25) is 14.6 Å². The summed E-state index contributed by atoms with van der Waals surface area (Å²) in [6.07, 6.45) is 0.796. The standard InChI is InChI=1S/C28H33N5O3/c29-28(30)31-18-10-17-23(26(35)33-24(19-34)20-11-4-1-5-12-20)32-27(36)25(21-13-6-2-7-14-21)22-15-8-3-9-16-22/h1-9,11-16,23-25,34H,10,17-19H2,(H,32,36)(H,33,35)(H4,29,30,31)/t23-,24+/m1/s1. The maximum absolute atomic E-state index is 13.6. The SMILES string of the molecule is NC(N)=NCCC[C@@H](NC(=O)C(c1ccccc1)c1ccccc1)C(=O)N[C@@H](CO)c1ccccc1. The van der Waals surface area contributed by atoms with Crippen LogP contribution in [0.5, 0.6) is 0 Å². The molecule has 0 saturated carbocycles. The monoisotopic (exact) mass is 487 g/mol. The third kappa shape index (κ3) is 7.68. The van der Waals surface area contributed by atoms with Gasteiger partial charge in [0.05, 0.1) is 18.6 Å². The van der Waals surface area contributed by atoms with E-state index in [4.69, 9.17) is 11.5 Å². The number of rotatable bonds is 12. The summed E-state index contributed by atoms with van der Waals surface area (Å²) in [6.45, 7) is 0.0476. The quantitative estimate of drug-likeness (QED) is 0.151. The minimum absolute atomic E-state index is 0.0299. The fraction of sp³-hybridized carbons (Fsp3) is 0.250. The van der Waals surface area contributed by atoms with Crippen LogP contribution < -0.4 is 22.1 Å². The lowest BCUT2D eigenvalue weighted by Crippen LogP contribution is -2.49. The van der Waals surface area contributed by atoms with Gasteiger partial charge in [-0.05, 0) is 29.5 Å². The molecule has 0 aromatic heterocycles. The van der Waals surface area contributed by atoms with Gasteiger partial charge in [-0.2, -0.15) is 0 Å². The molecule has 3 aromatic carbocycles. The minimum atomic E-state index is -0.848. The summed E-state index contributed by atoms with van der Waals surface area (Å²) in [7, 11) is 0. The predicted octanol–water partition coefficient (Wildman–Crippen LogP) is 2.21. The summed E-state index contributed by atoms with van der Waals surface area (Å²) >= 11 is 0. The van der Waals surface area contributed by atoms with Gasteiger partial charge >= 0.3 is 0 Å². The molecule has 7 N–H and O–H groups in total. The minimum Gasteiger partial charge on any atom is -0.394 e. The lowest BCUT2D eigenvalue weighted by molar-refractivity contribution is -0.130. The van der Waals surface area contributed by atoms with Gasteiger partial charge in [0, 0.05) is 6.54 Å². The largest absolute Gasteiger partial charge is 0.394 e. The van der Waals surface area contributed by atoms with E-state index in [2.05, 4.69) is 15.6 Å². The third-order valence-corrected chi connectivity index (χ3v) is 5.81. The normalized spacial score (nSPS) is 12.4. The Labute approximate surface area is 211 Å². The van der Waals surface area contributed by atoms with Crippen molar-refractivity contribution in [1.29, 1.82) is 0 Å². The van der Waals surface area contributed by atoms with E-state index in [-0.39, 0.29) is 18.5 Å². The number of aliphatic hydroxyl groups is 1. The number of carbonyl (C=O) groups excluding carboxylic acids is 2. The van der Waals surface area contributed by atoms with Crippen molar-refractivity contribution in [3.8, 4) is 0 Å². The van der Waals surface area contributed by atoms with Gasteiger partial charge in [0.2, 0.25) is 11.8 Å². The molecular weight excluding hydrogens is 454 g/mol. The summed E-state index contributed by atoms with van der Waals surface area (Å²) in [5.41, 5.74) is 13.2. The number of carbonyl (C=O) groups is 2. The number of nitrogens with zero attached hydrogens (tertiary/aromatic N) is 1. The van der Waals surface area contributed by atoms with Crippen molar-refractivity contribution in [2.75, 3.05) is 13.2 Å². The van der Waals surface area contributed by atoms with Gasteiger partial charge in [0.25, 0.3) is 0 Å². The van der Waals surface area contributed by atoms with Gasteiger partial charge in [-0.25, -0.2) is 0 Å². The predicted molar refractivity (Wildman–Crippen MR) is 141 cm³/mol. The zero-order valence-corrected chi connectivity index (χ0v) is 20.1. The number of hydrogen-bond donors (Lipinski definition) is 5. The fourth-order valence-electron chi connectivity index (χ4n) is 4.01. The highest BCUT2D eigenvalue weighted by Crippen LogP contribution is 2.25.